The SMILES string of the molecule is CC1(C)NCCNC1=O.CC1(c2cc(-c3ccc(F)cc3)nn3cc(C(=O)N4CCNC(=O)C4(C)C)nc23)CC1.CC1(c2cc(-c3ccc(F)cc3)nn3cc(C(=O)O)nc23)CC1.[HH].[HH].[HH]. The number of fused-ring (bicyclic) bond motifs is 2. The Kier molecular flexibility index (Phi) is 10.9. The Morgan fingerprint density at radius 1 is 0.667 bits per heavy atom. The molecule has 4 aliphatic rings. The van der Waals surface area contributed by atoms with Gasteiger partial charge < -0.3 is 26.0 Å². The number of rotatable bonds is 6. The van der Waals surface area contributed by atoms with Crippen LogP contribution in [0.5, 0.6) is 0 Å². The van der Waals surface area contributed by atoms with Crippen LogP contribution in [0.1, 0.15) is 104 Å². The summed E-state index contributed by atoms with van der Waals surface area (Å²) in [6.45, 7) is 14.0. The molecule has 10 rings (SSSR count). The van der Waals surface area contributed by atoms with Crippen LogP contribution in [-0.4, -0.2) is 100 Å². The number of carbonyl (C=O) groups is 4. The van der Waals surface area contributed by atoms with Gasteiger partial charge in [-0.2, -0.15) is 10.2 Å². The fraction of sp³-hybridized carbons (Fsp3) is 0.391. The van der Waals surface area contributed by atoms with E-state index in [-0.39, 0.29) is 61.4 Å². The van der Waals surface area contributed by atoms with Gasteiger partial charge in [-0.1, -0.05) is 13.8 Å². The quantitative estimate of drug-likeness (QED) is 0.145. The number of benzene rings is 2. The molecule has 2 aliphatic heterocycles. The summed E-state index contributed by atoms with van der Waals surface area (Å²) in [6.07, 6.45) is 7.17. The zero-order valence-corrected chi connectivity index (χ0v) is 36.1. The van der Waals surface area contributed by atoms with Crippen LogP contribution in [0.3, 0.4) is 0 Å². The topological polar surface area (TPSA) is 188 Å². The Balaban J connectivity index is 0.000000206. The molecule has 15 nitrogen and oxygen atoms in total. The van der Waals surface area contributed by atoms with Gasteiger partial charge in [0, 0.05) is 52.7 Å². The summed E-state index contributed by atoms with van der Waals surface area (Å²) < 4.78 is 29.7. The van der Waals surface area contributed by atoms with Crippen molar-refractivity contribution in [2.75, 3.05) is 26.2 Å². The van der Waals surface area contributed by atoms with Gasteiger partial charge in [-0.15, -0.1) is 0 Å². The van der Waals surface area contributed by atoms with Crippen LogP contribution >= 0.6 is 0 Å². The van der Waals surface area contributed by atoms with Crippen molar-refractivity contribution >= 4 is 35.0 Å². The van der Waals surface area contributed by atoms with Gasteiger partial charge in [0.1, 0.15) is 22.9 Å². The van der Waals surface area contributed by atoms with Gasteiger partial charge in [0.05, 0.1) is 29.3 Å². The standard InChI is InChI=1S/C23H24FN5O2.C17H14FN3O2.C6H12N2O.3H2/c1-22(2)21(31)25-10-11-28(22)20(30)18-13-29-19(26-18)16(23(3)8-9-23)12-17(27-29)14-4-6-15(24)7-5-14;1-17(6-7-17)12-8-13(10-2-4-11(18)5-3-10)20-21-9-14(16(22)23)19-15(12)21;1-6(2)5(9)7-3-4-8-6;;;/h4-7,12-13H,8-11H2,1-3H3,(H,25,31);2-5,8-9H,6-7H2,1H3,(H,22,23);8H,3-4H2,1-2H3,(H,7,9);3*1H. The van der Waals surface area contributed by atoms with E-state index in [0.717, 1.165) is 61.0 Å². The number of aromatic carboxylic acids is 1. The predicted octanol–water partition coefficient (Wildman–Crippen LogP) is 6.45. The minimum Gasteiger partial charge on any atom is -0.476 e. The first-order chi connectivity index (χ1) is 29.8. The molecule has 0 spiro atoms. The lowest BCUT2D eigenvalue weighted by atomic mass is 9.98. The fourth-order valence-electron chi connectivity index (χ4n) is 7.73. The maximum atomic E-state index is 13.4. The first-order valence-electron chi connectivity index (χ1n) is 21.0. The predicted molar refractivity (Wildman–Crippen MR) is 236 cm³/mol. The van der Waals surface area contributed by atoms with Gasteiger partial charge in [0.25, 0.3) is 5.91 Å². The third-order valence-corrected chi connectivity index (χ3v) is 12.5. The van der Waals surface area contributed by atoms with Gasteiger partial charge in [-0.25, -0.2) is 32.6 Å². The molecule has 3 amide bonds. The number of halogens is 2. The molecule has 0 atom stereocenters. The fourth-order valence-corrected chi connectivity index (χ4v) is 7.73. The summed E-state index contributed by atoms with van der Waals surface area (Å²) >= 11 is 0. The Morgan fingerprint density at radius 2 is 1.13 bits per heavy atom. The monoisotopic (exact) mass is 866 g/mol. The van der Waals surface area contributed by atoms with E-state index in [1.54, 1.807) is 53.7 Å². The summed E-state index contributed by atoms with van der Waals surface area (Å²) in [5.74, 6) is -2.07. The van der Waals surface area contributed by atoms with Crippen molar-refractivity contribution in [3.63, 3.8) is 0 Å². The lowest BCUT2D eigenvalue weighted by Crippen LogP contribution is -2.63. The molecule has 4 fully saturated rings. The van der Waals surface area contributed by atoms with E-state index < -0.39 is 11.5 Å². The average molecular weight is 867 g/mol. The third-order valence-electron chi connectivity index (χ3n) is 12.5. The van der Waals surface area contributed by atoms with Crippen LogP contribution < -0.4 is 16.0 Å². The zero-order valence-electron chi connectivity index (χ0n) is 36.1. The Hall–Kier alpha value is -6.62. The van der Waals surface area contributed by atoms with Crippen molar-refractivity contribution in [2.45, 2.75) is 89.1 Å². The van der Waals surface area contributed by atoms with Crippen molar-refractivity contribution in [1.29, 1.82) is 0 Å². The molecular weight excluding hydrogens is 811 g/mol. The lowest BCUT2D eigenvalue weighted by Gasteiger charge is -2.40. The van der Waals surface area contributed by atoms with E-state index in [1.165, 1.54) is 35.0 Å². The lowest BCUT2D eigenvalue weighted by molar-refractivity contribution is -0.133. The Bertz CT molecular complexity index is 2790. The summed E-state index contributed by atoms with van der Waals surface area (Å²) in [6, 6.07) is 16.2. The molecule has 4 aromatic heterocycles. The molecule has 0 bridgehead atoms. The highest BCUT2D eigenvalue weighted by atomic mass is 19.1. The molecule has 2 saturated carbocycles. The van der Waals surface area contributed by atoms with Crippen molar-refractivity contribution in [1.82, 2.24) is 50.0 Å². The van der Waals surface area contributed by atoms with E-state index in [4.69, 9.17) is 5.11 Å². The summed E-state index contributed by atoms with van der Waals surface area (Å²) in [4.78, 5) is 58.1. The molecule has 6 aromatic rings. The van der Waals surface area contributed by atoms with E-state index >= 15 is 0 Å². The normalized spacial score (nSPS) is 18.9. The molecule has 2 aliphatic carbocycles. The van der Waals surface area contributed by atoms with Crippen molar-refractivity contribution in [3.05, 3.63) is 107 Å². The molecule has 0 radical (unpaired) electrons. The maximum absolute atomic E-state index is 13.4. The molecule has 6 heterocycles. The number of nitrogens with one attached hydrogen (secondary N) is 3. The summed E-state index contributed by atoms with van der Waals surface area (Å²) in [5.41, 5.74) is 5.08. The van der Waals surface area contributed by atoms with Crippen LogP contribution in [-0.2, 0) is 20.4 Å². The van der Waals surface area contributed by atoms with Crippen molar-refractivity contribution < 1.29 is 37.3 Å². The number of aromatic nitrogens is 6. The Morgan fingerprint density at radius 3 is 1.56 bits per heavy atom. The van der Waals surface area contributed by atoms with Crippen LogP contribution in [0.25, 0.3) is 33.8 Å². The molecule has 334 valence electrons. The molecule has 4 N–H and O–H groups in total. The van der Waals surface area contributed by atoms with Crippen LogP contribution in [0.2, 0.25) is 0 Å². The molecule has 0 unspecified atom stereocenters. The largest absolute Gasteiger partial charge is 0.476 e. The molecular formula is C46H56F2N10O5. The maximum Gasteiger partial charge on any atom is 0.356 e. The smallest absolute Gasteiger partial charge is 0.356 e. The van der Waals surface area contributed by atoms with Gasteiger partial charge in [0.15, 0.2) is 17.0 Å². The van der Waals surface area contributed by atoms with E-state index in [2.05, 4.69) is 50.0 Å². The number of piperazine rings is 2. The van der Waals surface area contributed by atoms with Gasteiger partial charge in [-0.05, 0) is 125 Å². The number of imidazole rings is 2. The molecule has 2 saturated heterocycles. The number of carboxylic acids is 1. The number of hydrogen-bond acceptors (Lipinski definition) is 9. The van der Waals surface area contributed by atoms with Crippen LogP contribution in [0.15, 0.2) is 73.1 Å². The first kappa shape index (κ1) is 43.0. The van der Waals surface area contributed by atoms with E-state index in [0.29, 0.717) is 35.8 Å². The molecule has 2 aromatic carbocycles. The highest BCUT2D eigenvalue weighted by Crippen LogP contribution is 2.50. The molecule has 17 heteroatoms. The highest BCUT2D eigenvalue weighted by Gasteiger charge is 2.44. The minimum atomic E-state index is -1.08. The van der Waals surface area contributed by atoms with Gasteiger partial charge >= 0.3 is 5.97 Å². The van der Waals surface area contributed by atoms with Crippen LogP contribution in [0, 0.1) is 11.6 Å². The zero-order chi connectivity index (χ0) is 45.1. The number of amides is 3. The number of nitrogens with zero attached hydrogens (tertiary/aromatic N) is 7. The molecule has 63 heavy (non-hydrogen) atoms. The van der Waals surface area contributed by atoms with Crippen molar-refractivity contribution in [3.8, 4) is 22.5 Å². The van der Waals surface area contributed by atoms with E-state index in [1.807, 2.05) is 26.0 Å². The Labute approximate surface area is 366 Å². The minimum absolute atomic E-state index is 0. The second kappa shape index (κ2) is 15.9. The first-order valence-corrected chi connectivity index (χ1v) is 21.0. The van der Waals surface area contributed by atoms with E-state index in [9.17, 15) is 28.0 Å². The van der Waals surface area contributed by atoms with Gasteiger partial charge in [0.2, 0.25) is 11.8 Å². The highest BCUT2D eigenvalue weighted by molar-refractivity contribution is 5.99. The van der Waals surface area contributed by atoms with Gasteiger partial charge in [-0.3, -0.25) is 14.4 Å². The summed E-state index contributed by atoms with van der Waals surface area (Å²) in [5, 5.41) is 26.9. The third kappa shape index (κ3) is 8.61. The number of carbonyl (C=O) groups excluding carboxylic acids is 3. The second-order valence-electron chi connectivity index (χ2n) is 18.2. The van der Waals surface area contributed by atoms with Crippen LogP contribution in [0.4, 0.5) is 8.78 Å². The second-order valence-corrected chi connectivity index (χ2v) is 18.2. The van der Waals surface area contributed by atoms with Crippen molar-refractivity contribution in [2.24, 2.45) is 0 Å². The number of hydrogen-bond donors (Lipinski definition) is 4. The summed E-state index contributed by atoms with van der Waals surface area (Å²) in [7, 11) is 0. The average Bonchev–Trinajstić information content (AvgIpc) is 4.07. The number of carboxylic acid groups (broad SMARTS) is 1.